The highest BCUT2D eigenvalue weighted by Crippen LogP contribution is 2.26. The molecule has 1 unspecified atom stereocenters. The van der Waals surface area contributed by atoms with Crippen molar-refractivity contribution in [3.8, 4) is 5.75 Å². The van der Waals surface area contributed by atoms with Crippen LogP contribution in [0.25, 0.3) is 0 Å². The first-order chi connectivity index (χ1) is 7.63. The van der Waals surface area contributed by atoms with E-state index in [4.69, 9.17) is 4.74 Å². The molecule has 0 saturated heterocycles. The van der Waals surface area contributed by atoms with Crippen LogP contribution < -0.4 is 4.74 Å². The van der Waals surface area contributed by atoms with Crippen LogP contribution in [0.1, 0.15) is 24.1 Å². The van der Waals surface area contributed by atoms with Crippen molar-refractivity contribution >= 4 is 12.6 Å². The van der Waals surface area contributed by atoms with E-state index < -0.39 is 0 Å². The molecule has 0 aliphatic carbocycles. The quantitative estimate of drug-likeness (QED) is 0.793. The number of benzene rings is 1. The molecule has 1 aromatic carbocycles. The number of hydrogen-bond acceptors (Lipinski definition) is 3. The maximum atomic E-state index is 5.33. The van der Waals surface area contributed by atoms with Crippen molar-refractivity contribution in [2.75, 3.05) is 27.0 Å². The minimum Gasteiger partial charge on any atom is -0.496 e. The molecule has 0 heterocycles. The van der Waals surface area contributed by atoms with E-state index in [1.807, 2.05) is 6.07 Å². The van der Waals surface area contributed by atoms with Gasteiger partial charge in [-0.2, -0.15) is 12.6 Å². The number of methoxy groups -OCH3 is 1. The second kappa shape index (κ2) is 6.16. The lowest BCUT2D eigenvalue weighted by atomic mass is 10.0. The van der Waals surface area contributed by atoms with Gasteiger partial charge in [0.15, 0.2) is 0 Å². The van der Waals surface area contributed by atoms with Gasteiger partial charge in [-0.25, -0.2) is 0 Å². The van der Waals surface area contributed by atoms with E-state index in [9.17, 15) is 0 Å². The van der Waals surface area contributed by atoms with E-state index in [-0.39, 0.29) is 0 Å². The molecule has 3 heteroatoms. The van der Waals surface area contributed by atoms with Gasteiger partial charge in [0.2, 0.25) is 0 Å². The van der Waals surface area contributed by atoms with E-state index in [0.29, 0.717) is 6.04 Å². The molecule has 1 atom stereocenters. The van der Waals surface area contributed by atoms with Gasteiger partial charge in [0.25, 0.3) is 0 Å². The first-order valence-corrected chi connectivity index (χ1v) is 6.21. The first kappa shape index (κ1) is 13.4. The lowest BCUT2D eigenvalue weighted by molar-refractivity contribution is 0.326. The summed E-state index contributed by atoms with van der Waals surface area (Å²) >= 11 is 4.41. The van der Waals surface area contributed by atoms with Gasteiger partial charge in [-0.3, -0.25) is 0 Å². The topological polar surface area (TPSA) is 12.5 Å². The molecule has 16 heavy (non-hydrogen) atoms. The molecule has 0 saturated carbocycles. The van der Waals surface area contributed by atoms with E-state index in [2.05, 4.69) is 50.7 Å². The predicted octanol–water partition coefficient (Wildman–Crippen LogP) is 2.79. The largest absolute Gasteiger partial charge is 0.496 e. The molecule has 0 spiro atoms. The summed E-state index contributed by atoms with van der Waals surface area (Å²) in [6.07, 6.45) is 0.990. The Morgan fingerprint density at radius 2 is 2.06 bits per heavy atom. The van der Waals surface area contributed by atoms with Crippen LogP contribution in [0.5, 0.6) is 5.75 Å². The molecule has 2 nitrogen and oxygen atoms in total. The molecule has 0 aliphatic rings. The van der Waals surface area contributed by atoms with Crippen molar-refractivity contribution in [2.24, 2.45) is 0 Å². The fourth-order valence-electron chi connectivity index (χ4n) is 1.85. The molecule has 0 bridgehead atoms. The summed E-state index contributed by atoms with van der Waals surface area (Å²) in [5.41, 5.74) is 2.56. The van der Waals surface area contributed by atoms with E-state index in [1.165, 1.54) is 11.1 Å². The molecule has 0 amide bonds. The molecule has 1 rings (SSSR count). The van der Waals surface area contributed by atoms with Gasteiger partial charge >= 0.3 is 0 Å². The average Bonchev–Trinajstić information content (AvgIpc) is 2.29. The second-order valence-electron chi connectivity index (χ2n) is 4.09. The molecule has 90 valence electrons. The van der Waals surface area contributed by atoms with Gasteiger partial charge in [-0.15, -0.1) is 0 Å². The van der Waals surface area contributed by atoms with E-state index in [1.54, 1.807) is 7.11 Å². The third-order valence-corrected chi connectivity index (χ3v) is 3.21. The van der Waals surface area contributed by atoms with Gasteiger partial charge in [0.1, 0.15) is 5.75 Å². The van der Waals surface area contributed by atoms with Crippen molar-refractivity contribution < 1.29 is 4.74 Å². The lowest BCUT2D eigenvalue weighted by Crippen LogP contribution is -2.21. The third kappa shape index (κ3) is 2.92. The fourth-order valence-corrected chi connectivity index (χ4v) is 2.39. The highest BCUT2D eigenvalue weighted by atomic mass is 32.1. The van der Waals surface area contributed by atoms with Crippen LogP contribution in [0, 0.1) is 0 Å². The number of nitrogens with zero attached hydrogens (tertiary/aromatic N) is 1. The Bertz CT molecular complexity index is 339. The van der Waals surface area contributed by atoms with Crippen LogP contribution in [-0.2, 0) is 6.42 Å². The minimum atomic E-state index is 0.361. The third-order valence-electron chi connectivity index (χ3n) is 2.87. The standard InChI is InChI=1S/C13H21NOS/c1-5-10-8-11(6-7-13(10)15-4)12(9-16)14(2)3/h6-8,12,16H,5,9H2,1-4H3. The second-order valence-corrected chi connectivity index (χ2v) is 4.45. The summed E-state index contributed by atoms with van der Waals surface area (Å²) < 4.78 is 5.33. The normalized spacial score (nSPS) is 12.9. The summed E-state index contributed by atoms with van der Waals surface area (Å²) in [6.45, 7) is 2.15. The van der Waals surface area contributed by atoms with Gasteiger partial charge in [-0.1, -0.05) is 19.1 Å². The molecule has 0 N–H and O–H groups in total. The van der Waals surface area contributed by atoms with Crippen molar-refractivity contribution in [3.63, 3.8) is 0 Å². The Kier molecular flexibility index (Phi) is 5.16. The van der Waals surface area contributed by atoms with Gasteiger partial charge < -0.3 is 9.64 Å². The van der Waals surface area contributed by atoms with Crippen molar-refractivity contribution in [1.82, 2.24) is 4.90 Å². The van der Waals surface area contributed by atoms with Crippen LogP contribution in [-0.4, -0.2) is 31.9 Å². The zero-order chi connectivity index (χ0) is 12.1. The summed E-state index contributed by atoms with van der Waals surface area (Å²) in [7, 11) is 5.88. The molecule has 0 aliphatic heterocycles. The summed E-state index contributed by atoms with van der Waals surface area (Å²) in [5.74, 6) is 1.80. The van der Waals surface area contributed by atoms with Crippen LogP contribution in [0.3, 0.4) is 0 Å². The maximum Gasteiger partial charge on any atom is 0.122 e. The highest BCUT2D eigenvalue weighted by Gasteiger charge is 2.13. The summed E-state index contributed by atoms with van der Waals surface area (Å²) in [4.78, 5) is 2.19. The Balaban J connectivity index is 3.06. The molecular weight excluding hydrogens is 218 g/mol. The van der Waals surface area contributed by atoms with Gasteiger partial charge in [0, 0.05) is 11.8 Å². The molecule has 1 aromatic rings. The Hall–Kier alpha value is -0.670. The van der Waals surface area contributed by atoms with Crippen molar-refractivity contribution in [2.45, 2.75) is 19.4 Å². The molecule has 0 aromatic heterocycles. The summed E-state index contributed by atoms with van der Waals surface area (Å²) in [6, 6.07) is 6.76. The number of hydrogen-bond donors (Lipinski definition) is 1. The van der Waals surface area contributed by atoms with E-state index in [0.717, 1.165) is 17.9 Å². The van der Waals surface area contributed by atoms with Crippen LogP contribution in [0.4, 0.5) is 0 Å². The van der Waals surface area contributed by atoms with Crippen LogP contribution in [0.15, 0.2) is 18.2 Å². The number of aryl methyl sites for hydroxylation is 1. The number of rotatable bonds is 5. The Labute approximate surface area is 104 Å². The average molecular weight is 239 g/mol. The summed E-state index contributed by atoms with van der Waals surface area (Å²) in [5, 5.41) is 0. The monoisotopic (exact) mass is 239 g/mol. The fraction of sp³-hybridized carbons (Fsp3) is 0.538. The number of ether oxygens (including phenoxy) is 1. The molecular formula is C13H21NOS. The van der Waals surface area contributed by atoms with Gasteiger partial charge in [-0.05, 0) is 37.7 Å². The maximum absolute atomic E-state index is 5.33. The molecule has 0 fully saturated rings. The number of thiol groups is 1. The van der Waals surface area contributed by atoms with Gasteiger partial charge in [0.05, 0.1) is 7.11 Å². The van der Waals surface area contributed by atoms with Crippen LogP contribution in [0.2, 0.25) is 0 Å². The molecule has 0 radical (unpaired) electrons. The lowest BCUT2D eigenvalue weighted by Gasteiger charge is -2.23. The van der Waals surface area contributed by atoms with Crippen molar-refractivity contribution in [3.05, 3.63) is 29.3 Å². The van der Waals surface area contributed by atoms with E-state index >= 15 is 0 Å². The zero-order valence-corrected chi connectivity index (χ0v) is 11.4. The SMILES string of the molecule is CCc1cc(C(CS)N(C)C)ccc1OC. The minimum absolute atomic E-state index is 0.361. The van der Waals surface area contributed by atoms with Crippen molar-refractivity contribution in [1.29, 1.82) is 0 Å². The highest BCUT2D eigenvalue weighted by molar-refractivity contribution is 7.80. The van der Waals surface area contributed by atoms with Crippen LogP contribution >= 0.6 is 12.6 Å². The zero-order valence-electron chi connectivity index (χ0n) is 10.5. The Morgan fingerprint density at radius 3 is 2.50 bits per heavy atom. The predicted molar refractivity (Wildman–Crippen MR) is 72.7 cm³/mol. The smallest absolute Gasteiger partial charge is 0.122 e. The Morgan fingerprint density at radius 1 is 1.38 bits per heavy atom. The first-order valence-electron chi connectivity index (χ1n) is 5.58.